The van der Waals surface area contributed by atoms with Crippen LogP contribution >= 0.6 is 0 Å². The zero-order valence-electron chi connectivity index (χ0n) is 12.9. The summed E-state index contributed by atoms with van der Waals surface area (Å²) in [4.78, 5) is 37.9. The topological polar surface area (TPSA) is 90.3 Å². The van der Waals surface area contributed by atoms with Crippen LogP contribution in [0.2, 0.25) is 0 Å². The van der Waals surface area contributed by atoms with E-state index >= 15 is 0 Å². The second kappa shape index (κ2) is 7.77. The minimum absolute atomic E-state index is 0.0747. The molecular weight excluding hydrogens is 270 g/mol. The summed E-state index contributed by atoms with van der Waals surface area (Å²) >= 11 is 0. The van der Waals surface area contributed by atoms with Crippen LogP contribution in [-0.2, 0) is 14.4 Å². The zero-order valence-corrected chi connectivity index (χ0v) is 12.9. The highest BCUT2D eigenvalue weighted by molar-refractivity contribution is 6.07. The summed E-state index contributed by atoms with van der Waals surface area (Å²) in [6.45, 7) is 5.96. The van der Waals surface area contributed by atoms with Crippen molar-refractivity contribution in [2.45, 2.75) is 58.5 Å². The molecule has 0 aromatic heterocycles. The molecule has 1 saturated heterocycles. The number of amides is 2. The number of nitrogens with one attached hydrogen (secondary N) is 1. The van der Waals surface area contributed by atoms with Gasteiger partial charge in [-0.15, -0.1) is 0 Å². The highest BCUT2D eigenvalue weighted by atomic mass is 16.2. The first-order chi connectivity index (χ1) is 9.92. The molecule has 116 valence electrons. The van der Waals surface area contributed by atoms with Crippen molar-refractivity contribution < 1.29 is 14.4 Å². The minimum Gasteiger partial charge on any atom is -0.352 e. The number of nitrogens with zero attached hydrogens (tertiary/aromatic N) is 2. The van der Waals surface area contributed by atoms with Crippen LogP contribution in [0.3, 0.4) is 0 Å². The smallest absolute Gasteiger partial charge is 0.245 e. The molecular formula is C15H23N3O3. The number of carbonyl (C=O) groups excluding carboxylic acids is 3. The lowest BCUT2D eigenvalue weighted by molar-refractivity contribution is -0.141. The quantitative estimate of drug-likeness (QED) is 0.740. The molecule has 2 atom stereocenters. The first-order valence-electron chi connectivity index (χ1n) is 7.45. The predicted molar refractivity (Wildman–Crippen MR) is 77.0 cm³/mol. The average molecular weight is 293 g/mol. The van der Waals surface area contributed by atoms with E-state index in [9.17, 15) is 14.4 Å². The molecule has 1 heterocycles. The highest BCUT2D eigenvalue weighted by Crippen LogP contribution is 2.22. The number of hydrogen-bond acceptors (Lipinski definition) is 4. The zero-order chi connectivity index (χ0) is 16.0. The Bertz CT molecular complexity index is 454. The number of Topliss-reactive ketones (excluding diaryl/α,β-unsaturated/α-hetero) is 1. The van der Waals surface area contributed by atoms with Gasteiger partial charge in [-0.05, 0) is 33.1 Å². The van der Waals surface area contributed by atoms with E-state index < -0.39 is 23.7 Å². The number of hydrogen-bond donors (Lipinski definition) is 1. The molecule has 0 aliphatic carbocycles. The van der Waals surface area contributed by atoms with E-state index in [0.717, 1.165) is 6.42 Å². The number of likely N-dealkylation sites (tertiary alicyclic amines) is 1. The van der Waals surface area contributed by atoms with E-state index in [1.54, 1.807) is 19.9 Å². The number of carbonyl (C=O) groups is 3. The molecule has 0 saturated carbocycles. The Labute approximate surface area is 125 Å². The fraction of sp³-hybridized carbons (Fsp3) is 0.733. The van der Waals surface area contributed by atoms with Crippen LogP contribution in [0.5, 0.6) is 0 Å². The lowest BCUT2D eigenvalue weighted by Gasteiger charge is -2.25. The fourth-order valence-electron chi connectivity index (χ4n) is 2.53. The molecule has 6 heteroatoms. The third-order valence-electron chi connectivity index (χ3n) is 3.47. The Kier molecular flexibility index (Phi) is 6.35. The fourth-order valence-corrected chi connectivity index (χ4v) is 2.53. The monoisotopic (exact) mass is 293 g/mol. The Morgan fingerprint density at radius 3 is 2.57 bits per heavy atom. The molecule has 0 spiro atoms. The van der Waals surface area contributed by atoms with E-state index in [-0.39, 0.29) is 11.9 Å². The third kappa shape index (κ3) is 4.28. The van der Waals surface area contributed by atoms with Crippen molar-refractivity contribution in [2.24, 2.45) is 5.92 Å². The van der Waals surface area contributed by atoms with Gasteiger partial charge in [0, 0.05) is 19.0 Å². The lowest BCUT2D eigenvalue weighted by atomic mass is 9.96. The maximum absolute atomic E-state index is 12.4. The van der Waals surface area contributed by atoms with Crippen molar-refractivity contribution >= 4 is 17.6 Å². The predicted octanol–water partition coefficient (Wildman–Crippen LogP) is 1.01. The van der Waals surface area contributed by atoms with Crippen LogP contribution < -0.4 is 5.32 Å². The van der Waals surface area contributed by atoms with Crippen LogP contribution in [0.15, 0.2) is 0 Å². The Morgan fingerprint density at radius 2 is 2.05 bits per heavy atom. The van der Waals surface area contributed by atoms with Gasteiger partial charge in [-0.2, -0.15) is 5.26 Å². The summed E-state index contributed by atoms with van der Waals surface area (Å²) in [7, 11) is 0. The summed E-state index contributed by atoms with van der Waals surface area (Å²) in [5, 5.41) is 11.7. The molecule has 1 aliphatic heterocycles. The number of rotatable bonds is 6. The molecule has 2 amide bonds. The van der Waals surface area contributed by atoms with Crippen molar-refractivity contribution in [1.29, 1.82) is 5.26 Å². The molecule has 0 aromatic rings. The van der Waals surface area contributed by atoms with Gasteiger partial charge in [-0.3, -0.25) is 14.4 Å². The van der Waals surface area contributed by atoms with E-state index in [1.807, 2.05) is 6.92 Å². The number of ketones is 1. The molecule has 21 heavy (non-hydrogen) atoms. The normalized spacial score (nSPS) is 19.2. The van der Waals surface area contributed by atoms with Crippen molar-refractivity contribution in [3.63, 3.8) is 0 Å². The van der Waals surface area contributed by atoms with Crippen LogP contribution in [0.25, 0.3) is 0 Å². The van der Waals surface area contributed by atoms with Gasteiger partial charge in [0.15, 0.2) is 11.7 Å². The van der Waals surface area contributed by atoms with Gasteiger partial charge in [-0.1, -0.05) is 6.92 Å². The maximum atomic E-state index is 12.4. The summed E-state index contributed by atoms with van der Waals surface area (Å²) in [6, 6.07) is 1.01. The van der Waals surface area contributed by atoms with Crippen molar-refractivity contribution in [3.8, 4) is 6.07 Å². The van der Waals surface area contributed by atoms with Crippen molar-refractivity contribution in [2.75, 3.05) is 6.54 Å². The van der Waals surface area contributed by atoms with Crippen LogP contribution in [-0.4, -0.2) is 41.1 Å². The molecule has 1 fully saturated rings. The number of nitriles is 1. The van der Waals surface area contributed by atoms with Gasteiger partial charge in [0.2, 0.25) is 11.8 Å². The SMILES string of the molecule is CCCC(=O)N1CCC[C@H]1C(=O)[C@@H](C#N)C(=O)NC(C)C. The Hall–Kier alpha value is -1.90. The highest BCUT2D eigenvalue weighted by Gasteiger charge is 2.39. The standard InChI is InChI=1S/C15H23N3O3/c1-4-6-13(19)18-8-5-7-12(18)14(20)11(9-16)15(21)17-10(2)3/h10-12H,4-8H2,1-3H3,(H,17,21)/t11-,12+/m1/s1. The Morgan fingerprint density at radius 1 is 1.38 bits per heavy atom. The summed E-state index contributed by atoms with van der Waals surface area (Å²) in [5.74, 6) is -2.45. The molecule has 1 N–H and O–H groups in total. The lowest BCUT2D eigenvalue weighted by Crippen LogP contribution is -2.47. The molecule has 0 aromatic carbocycles. The van der Waals surface area contributed by atoms with Gasteiger partial charge in [-0.25, -0.2) is 0 Å². The first kappa shape index (κ1) is 17.2. The second-order valence-corrected chi connectivity index (χ2v) is 5.62. The Balaban J connectivity index is 2.82. The van der Waals surface area contributed by atoms with Gasteiger partial charge in [0.05, 0.1) is 12.1 Å². The van der Waals surface area contributed by atoms with Crippen molar-refractivity contribution in [1.82, 2.24) is 10.2 Å². The van der Waals surface area contributed by atoms with E-state index in [0.29, 0.717) is 25.8 Å². The van der Waals surface area contributed by atoms with E-state index in [2.05, 4.69) is 5.32 Å². The molecule has 6 nitrogen and oxygen atoms in total. The molecule has 1 rings (SSSR count). The van der Waals surface area contributed by atoms with Crippen LogP contribution in [0.4, 0.5) is 0 Å². The second-order valence-electron chi connectivity index (χ2n) is 5.62. The third-order valence-corrected chi connectivity index (χ3v) is 3.47. The van der Waals surface area contributed by atoms with Gasteiger partial charge >= 0.3 is 0 Å². The summed E-state index contributed by atoms with van der Waals surface area (Å²) < 4.78 is 0. The largest absolute Gasteiger partial charge is 0.352 e. The van der Waals surface area contributed by atoms with Crippen molar-refractivity contribution in [3.05, 3.63) is 0 Å². The summed E-state index contributed by atoms with van der Waals surface area (Å²) in [6.07, 6.45) is 2.36. The summed E-state index contributed by atoms with van der Waals surface area (Å²) in [5.41, 5.74) is 0. The van der Waals surface area contributed by atoms with Gasteiger partial charge < -0.3 is 10.2 Å². The first-order valence-corrected chi connectivity index (χ1v) is 7.45. The molecule has 0 unspecified atom stereocenters. The van der Waals surface area contributed by atoms with Crippen LogP contribution in [0.1, 0.15) is 46.5 Å². The van der Waals surface area contributed by atoms with Gasteiger partial charge in [0.1, 0.15) is 0 Å². The van der Waals surface area contributed by atoms with Gasteiger partial charge in [0.25, 0.3) is 0 Å². The molecule has 0 radical (unpaired) electrons. The minimum atomic E-state index is -1.34. The maximum Gasteiger partial charge on any atom is 0.245 e. The average Bonchev–Trinajstić information content (AvgIpc) is 2.87. The molecule has 1 aliphatic rings. The van der Waals surface area contributed by atoms with E-state index in [4.69, 9.17) is 5.26 Å². The van der Waals surface area contributed by atoms with Crippen LogP contribution in [0, 0.1) is 17.2 Å². The molecule has 0 bridgehead atoms. The van der Waals surface area contributed by atoms with E-state index in [1.165, 1.54) is 4.90 Å².